The maximum absolute atomic E-state index is 14.1. The SMILES string of the molecule is COc1cccc(C(C(=O)NCCC(C)C)N(C(=O)Cn2nnc3ccccc32)c2ccc(NC(C)=O)cc2)c1. The zero-order valence-electron chi connectivity index (χ0n) is 23.1. The highest BCUT2D eigenvalue weighted by Gasteiger charge is 2.33. The van der Waals surface area contributed by atoms with Gasteiger partial charge in [-0.1, -0.05) is 43.3 Å². The fourth-order valence-corrected chi connectivity index (χ4v) is 4.39. The number of rotatable bonds is 11. The largest absolute Gasteiger partial charge is 0.497 e. The first-order chi connectivity index (χ1) is 19.3. The third-order valence-electron chi connectivity index (χ3n) is 6.38. The molecular weight excluding hydrogens is 508 g/mol. The summed E-state index contributed by atoms with van der Waals surface area (Å²) in [4.78, 5) is 41.0. The van der Waals surface area contributed by atoms with Crippen LogP contribution in [0.5, 0.6) is 5.75 Å². The standard InChI is InChI=1S/C30H34N6O4/c1-20(2)16-17-31-30(39)29(22-8-7-9-25(18-22)40-4)36(24-14-12-23(13-15-24)32-21(3)37)28(38)19-35-27-11-6-5-10-26(27)33-34-35/h5-15,18,20,29H,16-17,19H2,1-4H3,(H,31,39)(H,32,37). The summed E-state index contributed by atoms with van der Waals surface area (Å²) in [5.74, 6) is 0.0623. The topological polar surface area (TPSA) is 118 Å². The molecule has 1 atom stereocenters. The molecule has 0 spiro atoms. The molecule has 4 aromatic rings. The summed E-state index contributed by atoms with van der Waals surface area (Å²) in [6, 6.07) is 20.3. The maximum Gasteiger partial charge on any atom is 0.249 e. The molecule has 208 valence electrons. The highest BCUT2D eigenvalue weighted by Crippen LogP contribution is 2.31. The molecule has 0 aliphatic rings. The van der Waals surface area contributed by atoms with Gasteiger partial charge in [-0.3, -0.25) is 19.3 Å². The number of methoxy groups -OCH3 is 1. The second-order valence-corrected chi connectivity index (χ2v) is 9.88. The van der Waals surface area contributed by atoms with Crippen molar-refractivity contribution in [1.82, 2.24) is 20.3 Å². The minimum atomic E-state index is -1.00. The van der Waals surface area contributed by atoms with Gasteiger partial charge in [0.1, 0.15) is 23.9 Å². The smallest absolute Gasteiger partial charge is 0.249 e. The Kier molecular flexibility index (Phi) is 9.11. The monoisotopic (exact) mass is 542 g/mol. The van der Waals surface area contributed by atoms with E-state index < -0.39 is 6.04 Å². The second kappa shape index (κ2) is 12.9. The van der Waals surface area contributed by atoms with Crippen molar-refractivity contribution in [1.29, 1.82) is 0 Å². The molecule has 2 N–H and O–H groups in total. The van der Waals surface area contributed by atoms with Gasteiger partial charge >= 0.3 is 0 Å². The summed E-state index contributed by atoms with van der Waals surface area (Å²) in [5.41, 5.74) is 3.01. The quantitative estimate of drug-likeness (QED) is 0.291. The highest BCUT2D eigenvalue weighted by atomic mass is 16.5. The molecule has 0 aliphatic heterocycles. The molecule has 4 rings (SSSR count). The number of aromatic nitrogens is 3. The third-order valence-corrected chi connectivity index (χ3v) is 6.38. The number of nitrogens with zero attached hydrogens (tertiary/aromatic N) is 4. The zero-order chi connectivity index (χ0) is 28.6. The van der Waals surface area contributed by atoms with Gasteiger partial charge in [-0.15, -0.1) is 5.10 Å². The van der Waals surface area contributed by atoms with E-state index in [4.69, 9.17) is 4.74 Å². The van der Waals surface area contributed by atoms with E-state index in [0.29, 0.717) is 46.2 Å². The maximum atomic E-state index is 14.1. The first-order valence-electron chi connectivity index (χ1n) is 13.2. The number of carbonyl (C=O) groups is 3. The van der Waals surface area contributed by atoms with Crippen LogP contribution in [0.4, 0.5) is 11.4 Å². The lowest BCUT2D eigenvalue weighted by molar-refractivity contribution is -0.127. The lowest BCUT2D eigenvalue weighted by Crippen LogP contribution is -2.45. The number of amides is 3. The van der Waals surface area contributed by atoms with Crippen LogP contribution in [-0.2, 0) is 20.9 Å². The number of ether oxygens (including phenoxy) is 1. The summed E-state index contributed by atoms with van der Waals surface area (Å²) in [7, 11) is 1.55. The number of nitrogens with one attached hydrogen (secondary N) is 2. The van der Waals surface area contributed by atoms with Gasteiger partial charge < -0.3 is 15.4 Å². The normalized spacial score (nSPS) is 11.7. The summed E-state index contributed by atoms with van der Waals surface area (Å²) < 4.78 is 6.96. The van der Waals surface area contributed by atoms with Crippen LogP contribution in [0, 0.1) is 5.92 Å². The van der Waals surface area contributed by atoms with Crippen molar-refractivity contribution >= 4 is 40.1 Å². The molecule has 10 nitrogen and oxygen atoms in total. The lowest BCUT2D eigenvalue weighted by atomic mass is 10.0. The Hall–Kier alpha value is -4.73. The van der Waals surface area contributed by atoms with Crippen molar-refractivity contribution in [3.63, 3.8) is 0 Å². The van der Waals surface area contributed by atoms with Crippen LogP contribution in [0.25, 0.3) is 11.0 Å². The van der Waals surface area contributed by atoms with Crippen LogP contribution < -0.4 is 20.3 Å². The molecule has 0 aliphatic carbocycles. The minimum Gasteiger partial charge on any atom is -0.497 e. The first kappa shape index (κ1) is 28.3. The lowest BCUT2D eigenvalue weighted by Gasteiger charge is -2.32. The van der Waals surface area contributed by atoms with Crippen LogP contribution in [0.1, 0.15) is 38.8 Å². The van der Waals surface area contributed by atoms with Crippen molar-refractivity contribution in [2.75, 3.05) is 23.9 Å². The Labute approximate surface area is 233 Å². The summed E-state index contributed by atoms with van der Waals surface area (Å²) in [6.45, 7) is 5.91. The Morgan fingerprint density at radius 1 is 1.00 bits per heavy atom. The van der Waals surface area contributed by atoms with Crippen LogP contribution in [0.3, 0.4) is 0 Å². The molecule has 10 heteroatoms. The highest BCUT2D eigenvalue weighted by molar-refractivity contribution is 6.02. The van der Waals surface area contributed by atoms with E-state index in [2.05, 4.69) is 34.8 Å². The molecule has 40 heavy (non-hydrogen) atoms. The second-order valence-electron chi connectivity index (χ2n) is 9.88. The van der Waals surface area contributed by atoms with E-state index in [1.807, 2.05) is 24.3 Å². The van der Waals surface area contributed by atoms with Gasteiger partial charge in [-0.2, -0.15) is 0 Å². The van der Waals surface area contributed by atoms with Gasteiger partial charge in [-0.05, 0) is 66.4 Å². The molecule has 0 bridgehead atoms. The van der Waals surface area contributed by atoms with E-state index in [-0.39, 0.29) is 24.3 Å². The zero-order valence-corrected chi connectivity index (χ0v) is 23.1. The van der Waals surface area contributed by atoms with E-state index in [0.717, 1.165) is 6.42 Å². The number of para-hydroxylation sites is 1. The Balaban J connectivity index is 1.78. The molecule has 0 saturated carbocycles. The summed E-state index contributed by atoms with van der Waals surface area (Å²) in [6.07, 6.45) is 0.793. The van der Waals surface area contributed by atoms with E-state index in [1.165, 1.54) is 16.5 Å². The van der Waals surface area contributed by atoms with Crippen molar-refractivity contribution in [2.45, 2.75) is 39.8 Å². The Morgan fingerprint density at radius 2 is 1.75 bits per heavy atom. The fraction of sp³-hybridized carbons (Fsp3) is 0.300. The molecule has 1 aromatic heterocycles. The molecule has 3 amide bonds. The molecular formula is C30H34N6O4. The number of anilines is 2. The van der Waals surface area contributed by atoms with Crippen LogP contribution >= 0.6 is 0 Å². The molecule has 1 heterocycles. The number of fused-ring (bicyclic) bond motifs is 1. The predicted octanol–water partition coefficient (Wildman–Crippen LogP) is 4.34. The van der Waals surface area contributed by atoms with E-state index in [9.17, 15) is 14.4 Å². The average molecular weight is 543 g/mol. The Morgan fingerprint density at radius 3 is 2.45 bits per heavy atom. The van der Waals surface area contributed by atoms with Crippen LogP contribution in [0.15, 0.2) is 72.8 Å². The molecule has 0 saturated heterocycles. The van der Waals surface area contributed by atoms with Gasteiger partial charge in [0, 0.05) is 24.8 Å². The Bertz CT molecular complexity index is 1480. The van der Waals surface area contributed by atoms with Crippen molar-refractivity contribution in [2.24, 2.45) is 5.92 Å². The molecule has 3 aromatic carbocycles. The van der Waals surface area contributed by atoms with Crippen molar-refractivity contribution in [3.8, 4) is 5.75 Å². The number of hydrogen-bond acceptors (Lipinski definition) is 6. The fourth-order valence-electron chi connectivity index (χ4n) is 4.39. The average Bonchev–Trinajstić information content (AvgIpc) is 3.34. The number of carbonyl (C=O) groups excluding carboxylic acids is 3. The van der Waals surface area contributed by atoms with Crippen LogP contribution in [-0.4, -0.2) is 46.4 Å². The van der Waals surface area contributed by atoms with Crippen molar-refractivity contribution < 1.29 is 19.1 Å². The van der Waals surface area contributed by atoms with Gasteiger partial charge in [0.15, 0.2) is 0 Å². The predicted molar refractivity (Wildman–Crippen MR) is 154 cm³/mol. The number of hydrogen-bond donors (Lipinski definition) is 2. The molecule has 1 unspecified atom stereocenters. The molecule has 0 radical (unpaired) electrons. The minimum absolute atomic E-state index is 0.145. The molecule has 0 fully saturated rings. The van der Waals surface area contributed by atoms with Crippen LogP contribution in [0.2, 0.25) is 0 Å². The third kappa shape index (κ3) is 6.82. The van der Waals surface area contributed by atoms with Gasteiger partial charge in [0.05, 0.1) is 12.6 Å². The van der Waals surface area contributed by atoms with E-state index >= 15 is 0 Å². The number of benzene rings is 3. The van der Waals surface area contributed by atoms with Crippen molar-refractivity contribution in [3.05, 3.63) is 78.4 Å². The van der Waals surface area contributed by atoms with Gasteiger partial charge in [-0.25, -0.2) is 4.68 Å². The van der Waals surface area contributed by atoms with Gasteiger partial charge in [0.2, 0.25) is 17.7 Å². The summed E-state index contributed by atoms with van der Waals surface area (Å²) in [5, 5.41) is 14.1. The first-order valence-corrected chi connectivity index (χ1v) is 13.2. The van der Waals surface area contributed by atoms with E-state index in [1.54, 1.807) is 55.6 Å². The summed E-state index contributed by atoms with van der Waals surface area (Å²) >= 11 is 0. The van der Waals surface area contributed by atoms with Gasteiger partial charge in [0.25, 0.3) is 0 Å².